The quantitative estimate of drug-likeness (QED) is 0.263. The minimum atomic E-state index is -1.71. The number of aliphatic hydroxyl groups is 3. The van der Waals surface area contributed by atoms with Gasteiger partial charge in [-0.1, -0.05) is 0 Å². The number of benzene rings is 2. The summed E-state index contributed by atoms with van der Waals surface area (Å²) in [6, 6.07) is 1.58. The number of ketones is 2. The first-order valence-corrected chi connectivity index (χ1v) is 13.7. The van der Waals surface area contributed by atoms with E-state index in [1.807, 2.05) is 0 Å². The number of ether oxygens (including phenoxy) is 4. The summed E-state index contributed by atoms with van der Waals surface area (Å²) >= 11 is 0. The zero-order valence-corrected chi connectivity index (χ0v) is 24.4. The second-order valence-electron chi connectivity index (χ2n) is 12.2. The molecule has 1 fully saturated rings. The van der Waals surface area contributed by atoms with Crippen LogP contribution in [0.15, 0.2) is 12.1 Å². The van der Waals surface area contributed by atoms with Crippen molar-refractivity contribution in [2.24, 2.45) is 0 Å². The van der Waals surface area contributed by atoms with Gasteiger partial charge in [0.1, 0.15) is 41.0 Å². The van der Waals surface area contributed by atoms with Crippen LogP contribution < -0.4 is 4.74 Å². The summed E-state index contributed by atoms with van der Waals surface area (Å²) in [5.74, 6) is -5.32. The molecule has 2 heterocycles. The van der Waals surface area contributed by atoms with Crippen molar-refractivity contribution in [2.75, 3.05) is 28.3 Å². The molecule has 0 amide bonds. The highest BCUT2D eigenvalue weighted by atomic mass is 16.7. The lowest BCUT2D eigenvalue weighted by molar-refractivity contribution is -0.311. The van der Waals surface area contributed by atoms with Crippen LogP contribution in [0.5, 0.6) is 17.2 Å². The summed E-state index contributed by atoms with van der Waals surface area (Å²) in [6.45, 7) is 2.93. The Balaban J connectivity index is 1.61. The molecule has 5 N–H and O–H groups in total. The number of likely N-dealkylation sites (N-methyl/N-ethyl adjacent to an activating group) is 1. The second kappa shape index (κ2) is 9.45. The van der Waals surface area contributed by atoms with Crippen LogP contribution in [-0.4, -0.2) is 106 Å². The standard InChI is InChI=1S/C30H33NO12/c1-29(39)9-14(40-5)15-10(19(29)27(38)41-6)7-11-16(22(15)34)23(35)17-13(32)8-12-25(18(17)21(11)33)42-28-24(36)20(31(3)4)26(37)30(12,2)43-28/h7-8,14,19-20,24,26,28,32,34,36-37,39H,9H2,1-6H3/t14-,19-,20+,24-,26+,28+,29+,30-/m1/s1. The number of methoxy groups -OCH3 is 2. The van der Waals surface area contributed by atoms with Crippen molar-refractivity contribution in [1.82, 2.24) is 4.90 Å². The molecule has 43 heavy (non-hydrogen) atoms. The highest BCUT2D eigenvalue weighted by molar-refractivity contribution is 6.31. The van der Waals surface area contributed by atoms with Crippen LogP contribution in [0.2, 0.25) is 0 Å². The van der Waals surface area contributed by atoms with E-state index in [1.54, 1.807) is 19.0 Å². The Morgan fingerprint density at radius 3 is 2.33 bits per heavy atom. The van der Waals surface area contributed by atoms with Gasteiger partial charge >= 0.3 is 5.97 Å². The van der Waals surface area contributed by atoms with E-state index in [2.05, 4.69) is 0 Å². The Labute approximate surface area is 246 Å². The minimum absolute atomic E-state index is 0.0394. The van der Waals surface area contributed by atoms with Crippen LogP contribution >= 0.6 is 0 Å². The molecular weight excluding hydrogens is 566 g/mol. The van der Waals surface area contributed by atoms with Crippen molar-refractivity contribution >= 4 is 17.5 Å². The zero-order valence-electron chi connectivity index (χ0n) is 24.4. The maximum Gasteiger partial charge on any atom is 0.316 e. The maximum absolute atomic E-state index is 14.3. The number of hydrogen-bond acceptors (Lipinski definition) is 13. The van der Waals surface area contributed by atoms with Crippen molar-refractivity contribution in [2.45, 2.75) is 68.0 Å². The fraction of sp³-hybridized carbons (Fsp3) is 0.500. The summed E-state index contributed by atoms with van der Waals surface area (Å²) in [5, 5.41) is 56.3. The molecule has 230 valence electrons. The van der Waals surface area contributed by atoms with Crippen LogP contribution in [0.4, 0.5) is 0 Å². The van der Waals surface area contributed by atoms with E-state index in [9.17, 15) is 39.9 Å². The molecular formula is C30H33NO12. The minimum Gasteiger partial charge on any atom is -0.507 e. The molecule has 2 aliphatic heterocycles. The third-order valence-corrected chi connectivity index (χ3v) is 9.37. The van der Waals surface area contributed by atoms with Gasteiger partial charge in [-0.15, -0.1) is 0 Å². The van der Waals surface area contributed by atoms with Gasteiger partial charge in [0, 0.05) is 30.2 Å². The number of carbonyl (C=O) groups is 3. The summed E-state index contributed by atoms with van der Waals surface area (Å²) in [7, 11) is 5.79. The average Bonchev–Trinajstić information content (AvgIpc) is 2.93. The van der Waals surface area contributed by atoms with E-state index in [-0.39, 0.29) is 40.0 Å². The van der Waals surface area contributed by atoms with Crippen molar-refractivity contribution in [3.63, 3.8) is 0 Å². The van der Waals surface area contributed by atoms with Gasteiger partial charge in [-0.2, -0.15) is 0 Å². The zero-order chi connectivity index (χ0) is 31.5. The first kappa shape index (κ1) is 29.5. The summed E-state index contributed by atoms with van der Waals surface area (Å²) < 4.78 is 22.4. The van der Waals surface area contributed by atoms with Crippen molar-refractivity contribution < 1.29 is 58.9 Å². The molecule has 2 aromatic rings. The van der Waals surface area contributed by atoms with Crippen molar-refractivity contribution in [3.8, 4) is 17.2 Å². The number of nitrogens with zero attached hydrogens (tertiary/aromatic N) is 1. The average molecular weight is 600 g/mol. The first-order valence-electron chi connectivity index (χ1n) is 13.7. The molecule has 8 atom stereocenters. The van der Waals surface area contributed by atoms with Gasteiger partial charge in [0.15, 0.2) is 5.78 Å². The number of phenols is 2. The van der Waals surface area contributed by atoms with E-state index < -0.39 is 87.9 Å². The lowest BCUT2D eigenvalue weighted by atomic mass is 9.68. The van der Waals surface area contributed by atoms with Crippen molar-refractivity contribution in [3.05, 3.63) is 51.1 Å². The number of hydrogen-bond donors (Lipinski definition) is 5. The van der Waals surface area contributed by atoms with Crippen molar-refractivity contribution in [1.29, 1.82) is 0 Å². The predicted octanol–water partition coefficient (Wildman–Crippen LogP) is 0.588. The van der Waals surface area contributed by atoms with Gasteiger partial charge in [-0.25, -0.2) is 0 Å². The molecule has 6 rings (SSSR count). The molecule has 2 bridgehead atoms. The van der Waals surface area contributed by atoms with Crippen LogP contribution in [0.3, 0.4) is 0 Å². The normalized spacial score (nSPS) is 34.1. The van der Waals surface area contributed by atoms with Gasteiger partial charge in [0.25, 0.3) is 0 Å². The number of carbonyl (C=O) groups excluding carboxylic acids is 3. The fourth-order valence-corrected chi connectivity index (χ4v) is 7.24. The smallest absolute Gasteiger partial charge is 0.316 e. The van der Waals surface area contributed by atoms with E-state index in [0.29, 0.717) is 0 Å². The number of aromatic hydroxyl groups is 2. The summed E-state index contributed by atoms with van der Waals surface area (Å²) in [4.78, 5) is 42.8. The van der Waals surface area contributed by atoms with Gasteiger partial charge in [0.05, 0.1) is 41.5 Å². The van der Waals surface area contributed by atoms with Gasteiger partial charge < -0.3 is 49.4 Å². The molecule has 0 spiro atoms. The number of esters is 1. The van der Waals surface area contributed by atoms with Crippen LogP contribution in [0.1, 0.15) is 80.8 Å². The van der Waals surface area contributed by atoms with Gasteiger partial charge in [-0.3, -0.25) is 14.4 Å². The second-order valence-corrected chi connectivity index (χ2v) is 12.2. The highest BCUT2D eigenvalue weighted by Gasteiger charge is 2.59. The predicted molar refractivity (Wildman–Crippen MR) is 145 cm³/mol. The molecule has 0 unspecified atom stereocenters. The third kappa shape index (κ3) is 3.76. The van der Waals surface area contributed by atoms with Crippen LogP contribution in [-0.2, 0) is 24.6 Å². The maximum atomic E-state index is 14.3. The molecule has 13 heteroatoms. The number of fused-ring (bicyclic) bond motifs is 8. The van der Waals surface area contributed by atoms with Gasteiger partial charge in [0.2, 0.25) is 12.1 Å². The Bertz CT molecular complexity index is 1600. The summed E-state index contributed by atoms with van der Waals surface area (Å²) in [6.07, 6.45) is -5.13. The number of aliphatic hydroxyl groups excluding tert-OH is 2. The number of phenolic OH excluding ortho intramolecular Hbond substituents is 2. The third-order valence-electron chi connectivity index (χ3n) is 9.37. The monoisotopic (exact) mass is 599 g/mol. The topological polar surface area (TPSA) is 193 Å². The van der Waals surface area contributed by atoms with E-state index in [4.69, 9.17) is 18.9 Å². The Hall–Kier alpha value is -3.59. The van der Waals surface area contributed by atoms with Crippen LogP contribution in [0, 0.1) is 0 Å². The molecule has 0 saturated carbocycles. The fourth-order valence-electron chi connectivity index (χ4n) is 7.24. The molecule has 0 radical (unpaired) electrons. The highest BCUT2D eigenvalue weighted by Crippen LogP contribution is 2.55. The largest absolute Gasteiger partial charge is 0.507 e. The van der Waals surface area contributed by atoms with E-state index in [1.165, 1.54) is 33.1 Å². The van der Waals surface area contributed by atoms with E-state index >= 15 is 0 Å². The Morgan fingerprint density at radius 2 is 1.72 bits per heavy atom. The SMILES string of the molecule is COC(=O)[C@H]1c2cc3c(c(O)c2[C@H](OC)C[C@]1(C)O)C(=O)c1c(O)cc2c(c1C3=O)O[C@H]1O[C@@]2(C)[C@@H](O)[C@@H](N(C)C)[C@H]1O. The van der Waals surface area contributed by atoms with E-state index in [0.717, 1.165) is 7.11 Å². The van der Waals surface area contributed by atoms with Crippen LogP contribution in [0.25, 0.3) is 0 Å². The molecule has 4 aliphatic rings. The molecule has 1 saturated heterocycles. The summed E-state index contributed by atoms with van der Waals surface area (Å²) in [5.41, 5.74) is -4.63. The van der Waals surface area contributed by atoms with Gasteiger partial charge in [-0.05, 0) is 45.6 Å². The lowest BCUT2D eigenvalue weighted by Gasteiger charge is -2.53. The lowest BCUT2D eigenvalue weighted by Crippen LogP contribution is -2.68. The molecule has 2 aliphatic carbocycles. The molecule has 2 aromatic carbocycles. The molecule has 13 nitrogen and oxygen atoms in total. The first-order chi connectivity index (χ1) is 20.1. The Morgan fingerprint density at radius 1 is 1.05 bits per heavy atom. The molecule has 0 aromatic heterocycles. The number of rotatable bonds is 3. The Kier molecular flexibility index (Phi) is 6.48.